The van der Waals surface area contributed by atoms with Gasteiger partial charge < -0.3 is 30.7 Å². The van der Waals surface area contributed by atoms with E-state index >= 15 is 0 Å². The van der Waals surface area contributed by atoms with Crippen molar-refractivity contribution in [3.63, 3.8) is 0 Å². The minimum atomic E-state index is -0.707. The number of H-pyrrole nitrogens is 2. The van der Waals surface area contributed by atoms with Gasteiger partial charge in [-0.3, -0.25) is 4.79 Å². The second-order valence-corrected chi connectivity index (χ2v) is 9.15. The molecule has 0 radical (unpaired) electrons. The predicted octanol–water partition coefficient (Wildman–Crippen LogP) is 3.21. The SMILES string of the molecule is Cl.N[C@@H](Cc1c[nH]cn1)C(=O)Nc1ccc2cccc(OC[C@H]3CCCN3c3ncnc4[nH]cnc34)c2c1. The second-order valence-electron chi connectivity index (χ2n) is 9.15. The van der Waals surface area contributed by atoms with Gasteiger partial charge in [0.05, 0.1) is 30.4 Å². The molecule has 1 saturated heterocycles. The number of aromatic nitrogens is 6. The predicted molar refractivity (Wildman–Crippen MR) is 148 cm³/mol. The molecule has 0 saturated carbocycles. The number of carbonyl (C=O) groups is 1. The summed E-state index contributed by atoms with van der Waals surface area (Å²) in [5, 5.41) is 4.86. The van der Waals surface area contributed by atoms with Crippen molar-refractivity contribution in [1.29, 1.82) is 0 Å². The second kappa shape index (κ2) is 11.0. The summed E-state index contributed by atoms with van der Waals surface area (Å²) in [6.45, 7) is 1.39. The van der Waals surface area contributed by atoms with Crippen molar-refractivity contribution in [2.24, 2.45) is 5.73 Å². The molecule has 196 valence electrons. The molecule has 6 rings (SSSR count). The highest BCUT2D eigenvalue weighted by atomic mass is 35.5. The van der Waals surface area contributed by atoms with Gasteiger partial charge in [-0.15, -0.1) is 12.4 Å². The number of benzene rings is 2. The van der Waals surface area contributed by atoms with Gasteiger partial charge in [0.25, 0.3) is 0 Å². The van der Waals surface area contributed by atoms with Gasteiger partial charge in [-0.2, -0.15) is 0 Å². The van der Waals surface area contributed by atoms with E-state index in [-0.39, 0.29) is 24.4 Å². The Kier molecular flexibility index (Phi) is 7.38. The topological polar surface area (TPSA) is 151 Å². The fourth-order valence-corrected chi connectivity index (χ4v) is 4.84. The summed E-state index contributed by atoms with van der Waals surface area (Å²) in [6, 6.07) is 11.2. The van der Waals surface area contributed by atoms with Crippen molar-refractivity contribution < 1.29 is 9.53 Å². The Hall–Kier alpha value is -4.22. The van der Waals surface area contributed by atoms with E-state index in [9.17, 15) is 4.79 Å². The van der Waals surface area contributed by atoms with Crippen LogP contribution in [0.1, 0.15) is 18.5 Å². The summed E-state index contributed by atoms with van der Waals surface area (Å²) < 4.78 is 6.36. The van der Waals surface area contributed by atoms with Crippen LogP contribution in [0.5, 0.6) is 5.75 Å². The van der Waals surface area contributed by atoms with Gasteiger partial charge in [0, 0.05) is 30.2 Å². The van der Waals surface area contributed by atoms with Crippen LogP contribution in [0.15, 0.2) is 61.6 Å². The summed E-state index contributed by atoms with van der Waals surface area (Å²) >= 11 is 0. The number of hydrogen-bond donors (Lipinski definition) is 4. The summed E-state index contributed by atoms with van der Waals surface area (Å²) in [5.74, 6) is 1.32. The van der Waals surface area contributed by atoms with Crippen LogP contribution in [-0.2, 0) is 11.2 Å². The van der Waals surface area contributed by atoms with E-state index < -0.39 is 6.04 Å². The van der Waals surface area contributed by atoms with Crippen LogP contribution in [0.3, 0.4) is 0 Å². The number of nitrogens with two attached hydrogens (primary N) is 1. The molecule has 0 spiro atoms. The Labute approximate surface area is 224 Å². The van der Waals surface area contributed by atoms with E-state index in [1.807, 2.05) is 36.4 Å². The molecule has 12 heteroatoms. The summed E-state index contributed by atoms with van der Waals surface area (Å²) in [7, 11) is 0. The van der Waals surface area contributed by atoms with Crippen LogP contribution < -0.4 is 20.7 Å². The summed E-state index contributed by atoms with van der Waals surface area (Å²) in [6.07, 6.45) is 8.91. The van der Waals surface area contributed by atoms with Crippen molar-refractivity contribution in [2.75, 3.05) is 23.4 Å². The number of rotatable bonds is 8. The molecule has 0 unspecified atom stereocenters. The molecule has 5 N–H and O–H groups in total. The lowest BCUT2D eigenvalue weighted by molar-refractivity contribution is -0.117. The van der Waals surface area contributed by atoms with Crippen LogP contribution in [0.25, 0.3) is 21.9 Å². The molecule has 0 aliphatic carbocycles. The first-order valence-electron chi connectivity index (χ1n) is 12.3. The van der Waals surface area contributed by atoms with Gasteiger partial charge in [-0.1, -0.05) is 18.2 Å². The largest absolute Gasteiger partial charge is 0.491 e. The average Bonchev–Trinajstić information content (AvgIpc) is 3.69. The third kappa shape index (κ3) is 5.11. The maximum Gasteiger partial charge on any atom is 0.241 e. The van der Waals surface area contributed by atoms with Crippen molar-refractivity contribution in [2.45, 2.75) is 31.3 Å². The lowest BCUT2D eigenvalue weighted by Gasteiger charge is -2.26. The van der Waals surface area contributed by atoms with Gasteiger partial charge in [-0.25, -0.2) is 19.9 Å². The molecule has 4 heterocycles. The van der Waals surface area contributed by atoms with Crippen molar-refractivity contribution in [3.05, 3.63) is 67.3 Å². The van der Waals surface area contributed by atoms with E-state index in [0.717, 1.165) is 58.6 Å². The molecule has 1 amide bonds. The lowest BCUT2D eigenvalue weighted by Crippen LogP contribution is -2.37. The van der Waals surface area contributed by atoms with Gasteiger partial charge >= 0.3 is 0 Å². The number of hydrogen-bond acceptors (Lipinski definition) is 8. The smallest absolute Gasteiger partial charge is 0.241 e. The number of nitrogens with zero attached hydrogens (tertiary/aromatic N) is 5. The highest BCUT2D eigenvalue weighted by Crippen LogP contribution is 2.31. The minimum absolute atomic E-state index is 0. The molecule has 3 aromatic heterocycles. The Morgan fingerprint density at radius 2 is 2.11 bits per heavy atom. The minimum Gasteiger partial charge on any atom is -0.491 e. The Morgan fingerprint density at radius 1 is 1.18 bits per heavy atom. The molecule has 38 heavy (non-hydrogen) atoms. The molecule has 1 fully saturated rings. The number of ether oxygens (including phenoxy) is 1. The number of imidazole rings is 2. The Bertz CT molecular complexity index is 1540. The molecule has 0 bridgehead atoms. The third-order valence-electron chi connectivity index (χ3n) is 6.71. The van der Waals surface area contributed by atoms with Crippen molar-refractivity contribution in [3.8, 4) is 5.75 Å². The van der Waals surface area contributed by atoms with Crippen LogP contribution in [0.2, 0.25) is 0 Å². The summed E-state index contributed by atoms with van der Waals surface area (Å²) in [4.78, 5) is 38.2. The van der Waals surface area contributed by atoms with E-state index in [1.165, 1.54) is 0 Å². The quantitative estimate of drug-likeness (QED) is 0.237. The number of aromatic amines is 2. The van der Waals surface area contributed by atoms with Gasteiger partial charge in [0.15, 0.2) is 11.5 Å². The van der Waals surface area contributed by atoms with Crippen LogP contribution in [0.4, 0.5) is 11.5 Å². The van der Waals surface area contributed by atoms with Gasteiger partial charge in [0.1, 0.15) is 24.2 Å². The molecule has 1 aliphatic rings. The molecular formula is C26H28ClN9O2. The first-order chi connectivity index (χ1) is 18.2. The fourth-order valence-electron chi connectivity index (χ4n) is 4.84. The monoisotopic (exact) mass is 533 g/mol. The average molecular weight is 534 g/mol. The third-order valence-corrected chi connectivity index (χ3v) is 6.71. The lowest BCUT2D eigenvalue weighted by atomic mass is 10.1. The number of carbonyl (C=O) groups excluding carboxylic acids is 1. The first kappa shape index (κ1) is 25.4. The van der Waals surface area contributed by atoms with E-state index in [1.54, 1.807) is 25.2 Å². The Balaban J connectivity index is 0.00000294. The normalized spacial score (nSPS) is 15.9. The van der Waals surface area contributed by atoms with Crippen molar-refractivity contribution in [1.82, 2.24) is 29.9 Å². The molecule has 2 atom stereocenters. The van der Waals surface area contributed by atoms with Crippen LogP contribution in [0, 0.1) is 0 Å². The van der Waals surface area contributed by atoms with E-state index in [2.05, 4.69) is 40.1 Å². The van der Waals surface area contributed by atoms with E-state index in [4.69, 9.17) is 10.5 Å². The maximum atomic E-state index is 12.7. The molecule has 1 aliphatic heterocycles. The first-order valence-corrected chi connectivity index (χ1v) is 12.3. The molecule has 2 aromatic carbocycles. The van der Waals surface area contributed by atoms with Crippen LogP contribution >= 0.6 is 12.4 Å². The van der Waals surface area contributed by atoms with Crippen molar-refractivity contribution >= 4 is 51.8 Å². The highest BCUT2D eigenvalue weighted by molar-refractivity contribution is 5.98. The number of halogens is 1. The molecule has 11 nitrogen and oxygen atoms in total. The van der Waals surface area contributed by atoms with E-state index in [0.29, 0.717) is 18.7 Å². The van der Waals surface area contributed by atoms with Gasteiger partial charge in [0.2, 0.25) is 5.91 Å². The Morgan fingerprint density at radius 3 is 2.97 bits per heavy atom. The van der Waals surface area contributed by atoms with Crippen LogP contribution in [-0.4, -0.2) is 61.0 Å². The standard InChI is InChI=1S/C26H27N9O2.ClH/c27-21(10-18-11-28-13-29-18)26(36)34-17-7-6-16-3-1-5-22(20(16)9-17)37-12-19-4-2-8-35(19)25-23-24(31-14-30-23)32-15-33-25;/h1,3,5-7,9,11,13-15,19,21H,2,4,8,10,12,27H2,(H,28,29)(H,34,36)(H,30,31,32,33);1H/t19-,21+;/m1./s1. The fraction of sp³-hybridized carbons (Fsp3) is 0.269. The van der Waals surface area contributed by atoms with Gasteiger partial charge in [-0.05, 0) is 36.4 Å². The summed E-state index contributed by atoms with van der Waals surface area (Å²) in [5.41, 5.74) is 9.00. The number of nitrogens with one attached hydrogen (secondary N) is 3. The zero-order valence-corrected chi connectivity index (χ0v) is 21.3. The zero-order chi connectivity index (χ0) is 25.2. The zero-order valence-electron chi connectivity index (χ0n) is 20.5. The highest BCUT2D eigenvalue weighted by Gasteiger charge is 2.28. The number of amides is 1. The molecule has 5 aromatic rings. The number of anilines is 2. The maximum absolute atomic E-state index is 12.7. The number of fused-ring (bicyclic) bond motifs is 2. The molecular weight excluding hydrogens is 506 g/mol.